The van der Waals surface area contributed by atoms with Gasteiger partial charge in [0.05, 0.1) is 0 Å². The van der Waals surface area contributed by atoms with Crippen LogP contribution in [0.5, 0.6) is 0 Å². The summed E-state index contributed by atoms with van der Waals surface area (Å²) < 4.78 is 12.4. The summed E-state index contributed by atoms with van der Waals surface area (Å²) in [5.41, 5.74) is 4.44. The summed E-state index contributed by atoms with van der Waals surface area (Å²) in [6, 6.07) is -0.793. The van der Waals surface area contributed by atoms with Gasteiger partial charge in [-0.05, 0) is 54.4 Å². The SMILES string of the molecule is CC(C)(C)OC(=O)N[C@H](CCCn1ccnc1N)C(=O)OC(C)(C)C. The third-order valence-electron chi connectivity index (χ3n) is 3.02. The number of hydrogen-bond acceptors (Lipinski definition) is 6. The van der Waals surface area contributed by atoms with Crippen LogP contribution < -0.4 is 11.1 Å². The molecule has 1 amide bonds. The Balaban J connectivity index is 2.68. The molecule has 0 radical (unpaired) electrons. The predicted molar refractivity (Wildman–Crippen MR) is 94.9 cm³/mol. The van der Waals surface area contributed by atoms with Crippen molar-refractivity contribution in [1.29, 1.82) is 0 Å². The van der Waals surface area contributed by atoms with Gasteiger partial charge in [0.1, 0.15) is 17.2 Å². The molecule has 1 atom stereocenters. The molecule has 1 aromatic heterocycles. The van der Waals surface area contributed by atoms with E-state index in [-0.39, 0.29) is 0 Å². The number of rotatable bonds is 6. The Morgan fingerprint density at radius 3 is 2.28 bits per heavy atom. The Morgan fingerprint density at radius 1 is 1.20 bits per heavy atom. The highest BCUT2D eigenvalue weighted by atomic mass is 16.6. The Kier molecular flexibility index (Phi) is 6.84. The summed E-state index contributed by atoms with van der Waals surface area (Å²) in [7, 11) is 0. The molecule has 0 saturated carbocycles. The first kappa shape index (κ1) is 20.8. The van der Waals surface area contributed by atoms with Gasteiger partial charge in [-0.1, -0.05) is 0 Å². The zero-order valence-corrected chi connectivity index (χ0v) is 16.0. The van der Waals surface area contributed by atoms with Crippen molar-refractivity contribution in [3.05, 3.63) is 12.4 Å². The Hall–Kier alpha value is -2.25. The van der Waals surface area contributed by atoms with Crippen LogP contribution >= 0.6 is 0 Å². The van der Waals surface area contributed by atoms with Crippen molar-refractivity contribution in [2.24, 2.45) is 0 Å². The lowest BCUT2D eigenvalue weighted by atomic mass is 10.1. The molecule has 0 aliphatic heterocycles. The molecule has 0 aliphatic rings. The van der Waals surface area contributed by atoms with E-state index in [0.29, 0.717) is 25.3 Å². The van der Waals surface area contributed by atoms with Gasteiger partial charge in [-0.25, -0.2) is 14.6 Å². The van der Waals surface area contributed by atoms with Gasteiger partial charge in [-0.3, -0.25) is 0 Å². The molecule has 0 spiro atoms. The lowest BCUT2D eigenvalue weighted by Crippen LogP contribution is -2.46. The number of nitrogens with zero attached hydrogens (tertiary/aromatic N) is 2. The predicted octanol–water partition coefficient (Wildman–Crippen LogP) is 2.48. The number of aromatic nitrogens is 2. The van der Waals surface area contributed by atoms with Gasteiger partial charge in [0.2, 0.25) is 0 Å². The normalized spacial score (nSPS) is 13.2. The third kappa shape index (κ3) is 8.42. The number of alkyl carbamates (subject to hydrolysis) is 1. The van der Waals surface area contributed by atoms with Gasteiger partial charge in [-0.15, -0.1) is 0 Å². The van der Waals surface area contributed by atoms with Gasteiger partial charge in [0.25, 0.3) is 0 Å². The Labute approximate surface area is 149 Å². The molecule has 3 N–H and O–H groups in total. The largest absolute Gasteiger partial charge is 0.458 e. The standard InChI is InChI=1S/C17H30N4O4/c1-16(2,3)24-13(22)12(20-15(23)25-17(4,5)6)8-7-10-21-11-9-19-14(21)18/h9,11-12H,7-8,10H2,1-6H3,(H2,18,19)(H,20,23)/t12-/m1/s1. The molecule has 0 saturated heterocycles. The van der Waals surface area contributed by atoms with E-state index < -0.39 is 29.3 Å². The molecule has 1 aromatic rings. The number of ether oxygens (including phenoxy) is 2. The minimum atomic E-state index is -0.793. The minimum Gasteiger partial charge on any atom is -0.458 e. The van der Waals surface area contributed by atoms with Gasteiger partial charge in [-0.2, -0.15) is 0 Å². The highest BCUT2D eigenvalue weighted by Crippen LogP contribution is 2.13. The number of hydrogen-bond donors (Lipinski definition) is 2. The number of amides is 1. The van der Waals surface area contributed by atoms with E-state index in [9.17, 15) is 9.59 Å². The number of nitrogens with two attached hydrogens (primary N) is 1. The van der Waals surface area contributed by atoms with Gasteiger partial charge in [0, 0.05) is 18.9 Å². The highest BCUT2D eigenvalue weighted by Gasteiger charge is 2.28. The number of anilines is 1. The van der Waals surface area contributed by atoms with E-state index >= 15 is 0 Å². The Bertz CT molecular complexity index is 584. The van der Waals surface area contributed by atoms with Crippen LogP contribution in [-0.4, -0.2) is 38.9 Å². The second-order valence-electron chi connectivity index (χ2n) is 7.85. The summed E-state index contributed by atoms with van der Waals surface area (Å²) >= 11 is 0. The number of nitrogen functional groups attached to an aromatic ring is 1. The molecule has 142 valence electrons. The second kappa shape index (κ2) is 8.22. The van der Waals surface area contributed by atoms with Crippen molar-refractivity contribution in [3.8, 4) is 0 Å². The van der Waals surface area contributed by atoms with Crippen LogP contribution in [0.15, 0.2) is 12.4 Å². The van der Waals surface area contributed by atoms with Crippen LogP contribution in [0.3, 0.4) is 0 Å². The van der Waals surface area contributed by atoms with Crippen LogP contribution in [0.1, 0.15) is 54.4 Å². The van der Waals surface area contributed by atoms with E-state index in [1.807, 2.05) is 0 Å². The second-order valence-corrected chi connectivity index (χ2v) is 7.85. The molecule has 1 heterocycles. The van der Waals surface area contributed by atoms with Crippen molar-refractivity contribution in [1.82, 2.24) is 14.9 Å². The van der Waals surface area contributed by atoms with Crippen LogP contribution in [0.2, 0.25) is 0 Å². The molecule has 1 rings (SSSR count). The Morgan fingerprint density at radius 2 is 1.80 bits per heavy atom. The molecule has 0 fully saturated rings. The number of nitrogens with one attached hydrogen (secondary N) is 1. The van der Waals surface area contributed by atoms with Crippen molar-refractivity contribution in [2.45, 2.75) is 78.2 Å². The summed E-state index contributed by atoms with van der Waals surface area (Å²) in [6.07, 6.45) is 3.73. The lowest BCUT2D eigenvalue weighted by Gasteiger charge is -2.26. The molecule has 8 nitrogen and oxygen atoms in total. The third-order valence-corrected chi connectivity index (χ3v) is 3.02. The molecular weight excluding hydrogens is 324 g/mol. The molecular formula is C17H30N4O4. The summed E-state index contributed by atoms with van der Waals surface area (Å²) in [4.78, 5) is 28.3. The topological polar surface area (TPSA) is 108 Å². The highest BCUT2D eigenvalue weighted by molar-refractivity contribution is 5.81. The average Bonchev–Trinajstić information content (AvgIpc) is 2.79. The van der Waals surface area contributed by atoms with Crippen LogP contribution in [0.25, 0.3) is 0 Å². The fourth-order valence-corrected chi connectivity index (χ4v) is 2.07. The van der Waals surface area contributed by atoms with E-state index in [0.717, 1.165) is 0 Å². The van der Waals surface area contributed by atoms with Crippen LogP contribution in [0.4, 0.5) is 10.7 Å². The van der Waals surface area contributed by atoms with Crippen LogP contribution in [-0.2, 0) is 20.8 Å². The first-order valence-electron chi connectivity index (χ1n) is 8.36. The quantitative estimate of drug-likeness (QED) is 0.760. The number of carbonyl (C=O) groups is 2. The number of imidazole rings is 1. The molecule has 0 aromatic carbocycles. The fraction of sp³-hybridized carbons (Fsp3) is 0.706. The molecule has 0 aliphatic carbocycles. The monoisotopic (exact) mass is 354 g/mol. The average molecular weight is 354 g/mol. The van der Waals surface area contributed by atoms with E-state index in [4.69, 9.17) is 15.2 Å². The van der Waals surface area contributed by atoms with Gasteiger partial charge >= 0.3 is 12.1 Å². The van der Waals surface area contributed by atoms with Crippen molar-refractivity contribution >= 4 is 18.0 Å². The lowest BCUT2D eigenvalue weighted by molar-refractivity contribution is -0.157. The van der Waals surface area contributed by atoms with E-state index in [1.165, 1.54) is 0 Å². The minimum absolute atomic E-state index is 0.395. The van der Waals surface area contributed by atoms with Crippen LogP contribution in [0, 0.1) is 0 Å². The van der Waals surface area contributed by atoms with E-state index in [2.05, 4.69) is 10.3 Å². The molecule has 0 unspecified atom stereocenters. The first-order valence-corrected chi connectivity index (χ1v) is 8.36. The van der Waals surface area contributed by atoms with Gasteiger partial charge < -0.3 is 25.1 Å². The summed E-state index contributed by atoms with van der Waals surface area (Å²) in [5, 5.41) is 2.60. The maximum absolute atomic E-state index is 12.4. The van der Waals surface area contributed by atoms with Crippen molar-refractivity contribution < 1.29 is 19.1 Å². The number of esters is 1. The molecule has 8 heteroatoms. The maximum Gasteiger partial charge on any atom is 0.408 e. The molecule has 25 heavy (non-hydrogen) atoms. The zero-order chi connectivity index (χ0) is 19.3. The maximum atomic E-state index is 12.4. The van der Waals surface area contributed by atoms with E-state index in [1.54, 1.807) is 58.5 Å². The van der Waals surface area contributed by atoms with Crippen molar-refractivity contribution in [2.75, 3.05) is 5.73 Å². The zero-order valence-electron chi connectivity index (χ0n) is 16.0. The molecule has 0 bridgehead atoms. The summed E-state index contributed by atoms with van der Waals surface area (Å²) in [6.45, 7) is 11.2. The summed E-state index contributed by atoms with van der Waals surface area (Å²) in [5.74, 6) is -0.0779. The number of aryl methyl sites for hydroxylation is 1. The number of carbonyl (C=O) groups excluding carboxylic acids is 2. The fourth-order valence-electron chi connectivity index (χ4n) is 2.07. The smallest absolute Gasteiger partial charge is 0.408 e. The van der Waals surface area contributed by atoms with Gasteiger partial charge in [0.15, 0.2) is 5.95 Å². The first-order chi connectivity index (χ1) is 11.4. The van der Waals surface area contributed by atoms with Crippen molar-refractivity contribution in [3.63, 3.8) is 0 Å².